The molecule has 4 heteroatoms. The van der Waals surface area contributed by atoms with Crippen molar-refractivity contribution >= 4 is 22.7 Å². The Morgan fingerprint density at radius 3 is 1.23 bits per heavy atom. The van der Waals surface area contributed by atoms with E-state index in [0.29, 0.717) is 22.7 Å². The van der Waals surface area contributed by atoms with Crippen molar-refractivity contribution in [3.63, 3.8) is 0 Å². The average Bonchev–Trinajstić information content (AvgIpc) is 2.48. The van der Waals surface area contributed by atoms with E-state index < -0.39 is 0 Å². The van der Waals surface area contributed by atoms with Crippen LogP contribution in [-0.2, 0) is 0 Å². The molecule has 0 aliphatic carbocycles. The van der Waals surface area contributed by atoms with E-state index in [9.17, 15) is 0 Å². The van der Waals surface area contributed by atoms with E-state index >= 15 is 0 Å². The lowest BCUT2D eigenvalue weighted by Crippen LogP contribution is -1.97. The molecular weight excluding hydrogens is 272 g/mol. The summed E-state index contributed by atoms with van der Waals surface area (Å²) in [7, 11) is 0. The van der Waals surface area contributed by atoms with E-state index in [-0.39, 0.29) is 0 Å². The van der Waals surface area contributed by atoms with Gasteiger partial charge in [0.05, 0.1) is 0 Å². The highest BCUT2D eigenvalue weighted by Crippen LogP contribution is 2.38. The average molecular weight is 290 g/mol. The lowest BCUT2D eigenvalue weighted by Gasteiger charge is -2.14. The zero-order chi connectivity index (χ0) is 15.7. The van der Waals surface area contributed by atoms with Gasteiger partial charge in [-0.2, -0.15) is 0 Å². The standard InChI is InChI=1S/C18H18N4/c19-11-5-7-15(17(21)9-11)13-3-1-2-4-14(13)16-8-6-12(20)10-18(16)22/h1-10H,19-22H2. The molecule has 22 heavy (non-hydrogen) atoms. The van der Waals surface area contributed by atoms with E-state index in [2.05, 4.69) is 0 Å². The highest BCUT2D eigenvalue weighted by Gasteiger charge is 2.12. The summed E-state index contributed by atoms with van der Waals surface area (Å²) in [5.74, 6) is 0. The number of hydrogen-bond acceptors (Lipinski definition) is 4. The molecule has 0 spiro atoms. The van der Waals surface area contributed by atoms with E-state index in [0.717, 1.165) is 22.3 Å². The van der Waals surface area contributed by atoms with Gasteiger partial charge in [-0.15, -0.1) is 0 Å². The summed E-state index contributed by atoms with van der Waals surface area (Å²) in [6.07, 6.45) is 0. The van der Waals surface area contributed by atoms with Crippen molar-refractivity contribution in [2.45, 2.75) is 0 Å². The maximum absolute atomic E-state index is 6.13. The second-order valence-electron chi connectivity index (χ2n) is 5.24. The Labute approximate surface area is 129 Å². The summed E-state index contributed by atoms with van der Waals surface area (Å²) in [4.78, 5) is 0. The summed E-state index contributed by atoms with van der Waals surface area (Å²) in [5.41, 5.74) is 30.3. The quantitative estimate of drug-likeness (QED) is 0.543. The van der Waals surface area contributed by atoms with Crippen LogP contribution in [0.1, 0.15) is 0 Å². The van der Waals surface area contributed by atoms with Crippen LogP contribution >= 0.6 is 0 Å². The summed E-state index contributed by atoms with van der Waals surface area (Å²) in [6, 6.07) is 19.1. The van der Waals surface area contributed by atoms with Crippen molar-refractivity contribution in [2.24, 2.45) is 0 Å². The van der Waals surface area contributed by atoms with Gasteiger partial charge in [0.2, 0.25) is 0 Å². The fourth-order valence-corrected chi connectivity index (χ4v) is 2.61. The van der Waals surface area contributed by atoms with Crippen LogP contribution in [0.15, 0.2) is 60.7 Å². The van der Waals surface area contributed by atoms with Crippen LogP contribution in [0.25, 0.3) is 22.3 Å². The number of nitrogens with two attached hydrogens (primary N) is 4. The smallest absolute Gasteiger partial charge is 0.0414 e. The SMILES string of the molecule is Nc1ccc(-c2ccccc2-c2ccc(N)cc2N)c(N)c1. The molecule has 3 aromatic rings. The minimum absolute atomic E-state index is 0.640. The Hall–Kier alpha value is -3.14. The number of hydrogen-bond donors (Lipinski definition) is 4. The minimum Gasteiger partial charge on any atom is -0.399 e. The van der Waals surface area contributed by atoms with Crippen molar-refractivity contribution in [3.8, 4) is 22.3 Å². The molecule has 0 amide bonds. The third-order valence-electron chi connectivity index (χ3n) is 3.66. The van der Waals surface area contributed by atoms with Crippen molar-refractivity contribution in [1.29, 1.82) is 0 Å². The molecule has 4 nitrogen and oxygen atoms in total. The molecule has 0 radical (unpaired) electrons. The lowest BCUT2D eigenvalue weighted by molar-refractivity contribution is 1.57. The number of benzene rings is 3. The molecule has 0 atom stereocenters. The highest BCUT2D eigenvalue weighted by atomic mass is 14.6. The third-order valence-corrected chi connectivity index (χ3v) is 3.66. The molecular formula is C18H18N4. The van der Waals surface area contributed by atoms with Crippen LogP contribution in [-0.4, -0.2) is 0 Å². The molecule has 3 aromatic carbocycles. The van der Waals surface area contributed by atoms with Crippen LogP contribution in [0, 0.1) is 0 Å². The number of rotatable bonds is 2. The van der Waals surface area contributed by atoms with E-state index in [1.165, 1.54) is 0 Å². The monoisotopic (exact) mass is 290 g/mol. The Balaban J connectivity index is 2.22. The lowest BCUT2D eigenvalue weighted by atomic mass is 9.92. The number of anilines is 4. The summed E-state index contributed by atoms with van der Waals surface area (Å²) >= 11 is 0. The van der Waals surface area contributed by atoms with E-state index in [1.807, 2.05) is 48.5 Å². The first-order chi connectivity index (χ1) is 10.6. The normalized spacial score (nSPS) is 10.5. The van der Waals surface area contributed by atoms with Gasteiger partial charge < -0.3 is 22.9 Å². The second-order valence-corrected chi connectivity index (χ2v) is 5.24. The van der Waals surface area contributed by atoms with Crippen LogP contribution in [0.2, 0.25) is 0 Å². The van der Waals surface area contributed by atoms with E-state index in [1.54, 1.807) is 12.1 Å². The van der Waals surface area contributed by atoms with Crippen LogP contribution < -0.4 is 22.9 Å². The zero-order valence-electron chi connectivity index (χ0n) is 12.1. The molecule has 110 valence electrons. The van der Waals surface area contributed by atoms with Crippen LogP contribution in [0.4, 0.5) is 22.7 Å². The van der Waals surface area contributed by atoms with Gasteiger partial charge in [0.1, 0.15) is 0 Å². The largest absolute Gasteiger partial charge is 0.399 e. The first kappa shape index (κ1) is 13.8. The second kappa shape index (κ2) is 5.33. The maximum Gasteiger partial charge on any atom is 0.0414 e. The molecule has 0 bridgehead atoms. The van der Waals surface area contributed by atoms with Crippen LogP contribution in [0.5, 0.6) is 0 Å². The molecule has 0 aliphatic heterocycles. The van der Waals surface area contributed by atoms with Gasteiger partial charge in [0.25, 0.3) is 0 Å². The van der Waals surface area contributed by atoms with Gasteiger partial charge in [0, 0.05) is 33.9 Å². The minimum atomic E-state index is 0.640. The fraction of sp³-hybridized carbons (Fsp3) is 0. The summed E-state index contributed by atoms with van der Waals surface area (Å²) in [5, 5.41) is 0. The Bertz CT molecular complexity index is 770. The molecule has 8 N–H and O–H groups in total. The molecule has 0 saturated heterocycles. The fourth-order valence-electron chi connectivity index (χ4n) is 2.61. The van der Waals surface area contributed by atoms with Crippen molar-refractivity contribution in [1.82, 2.24) is 0 Å². The van der Waals surface area contributed by atoms with Crippen molar-refractivity contribution < 1.29 is 0 Å². The predicted molar refractivity (Wildman–Crippen MR) is 95.0 cm³/mol. The predicted octanol–water partition coefficient (Wildman–Crippen LogP) is 3.35. The number of nitrogen functional groups attached to an aromatic ring is 4. The van der Waals surface area contributed by atoms with Gasteiger partial charge in [-0.05, 0) is 35.4 Å². The zero-order valence-corrected chi connectivity index (χ0v) is 12.1. The topological polar surface area (TPSA) is 104 Å². The third kappa shape index (κ3) is 2.42. The molecule has 3 rings (SSSR count). The van der Waals surface area contributed by atoms with Gasteiger partial charge in [0.15, 0.2) is 0 Å². The van der Waals surface area contributed by atoms with Crippen LogP contribution in [0.3, 0.4) is 0 Å². The molecule has 0 saturated carbocycles. The molecule has 0 aromatic heterocycles. The molecule has 0 unspecified atom stereocenters. The van der Waals surface area contributed by atoms with Crippen molar-refractivity contribution in [3.05, 3.63) is 60.7 Å². The summed E-state index contributed by atoms with van der Waals surface area (Å²) < 4.78 is 0. The Morgan fingerprint density at radius 1 is 0.455 bits per heavy atom. The van der Waals surface area contributed by atoms with Gasteiger partial charge >= 0.3 is 0 Å². The van der Waals surface area contributed by atoms with Crippen molar-refractivity contribution in [2.75, 3.05) is 22.9 Å². The maximum atomic E-state index is 6.13. The Morgan fingerprint density at radius 2 is 0.864 bits per heavy atom. The molecule has 0 aliphatic rings. The Kier molecular flexibility index (Phi) is 3.35. The van der Waals surface area contributed by atoms with Gasteiger partial charge in [-0.1, -0.05) is 36.4 Å². The van der Waals surface area contributed by atoms with Gasteiger partial charge in [-0.25, -0.2) is 0 Å². The van der Waals surface area contributed by atoms with Gasteiger partial charge in [-0.3, -0.25) is 0 Å². The summed E-state index contributed by atoms with van der Waals surface area (Å²) in [6.45, 7) is 0. The van der Waals surface area contributed by atoms with E-state index in [4.69, 9.17) is 22.9 Å². The first-order valence-electron chi connectivity index (χ1n) is 6.96. The molecule has 0 fully saturated rings. The highest BCUT2D eigenvalue weighted by molar-refractivity contribution is 5.93. The molecule has 0 heterocycles. The first-order valence-corrected chi connectivity index (χ1v) is 6.96.